The number of carbonyl (C=O) groups is 1. The van der Waals surface area contributed by atoms with E-state index < -0.39 is 0 Å². The van der Waals surface area contributed by atoms with E-state index in [-0.39, 0.29) is 5.91 Å². The molecule has 1 aliphatic carbocycles. The standard InChI is InChI=1S/C14H14ClN3O/c15-11-5-6-12(10-2-1-7-16-14(10)11)18-13(19)8-17-9-3-4-9/h1-2,5-7,9,17H,3-4,8H2,(H,18,19). The average molecular weight is 276 g/mol. The highest BCUT2D eigenvalue weighted by Crippen LogP contribution is 2.27. The number of hydrogen-bond donors (Lipinski definition) is 2. The highest BCUT2D eigenvalue weighted by Gasteiger charge is 2.21. The summed E-state index contributed by atoms with van der Waals surface area (Å²) in [6.07, 6.45) is 4.02. The maximum absolute atomic E-state index is 11.8. The number of fused-ring (bicyclic) bond motifs is 1. The lowest BCUT2D eigenvalue weighted by Gasteiger charge is -2.09. The third kappa shape index (κ3) is 2.85. The molecule has 0 radical (unpaired) electrons. The molecule has 1 heterocycles. The summed E-state index contributed by atoms with van der Waals surface area (Å²) in [5.41, 5.74) is 1.45. The van der Waals surface area contributed by atoms with Crippen LogP contribution in [0, 0.1) is 0 Å². The summed E-state index contributed by atoms with van der Waals surface area (Å²) >= 11 is 6.09. The van der Waals surface area contributed by atoms with Gasteiger partial charge in [0, 0.05) is 17.6 Å². The van der Waals surface area contributed by atoms with Crippen molar-refractivity contribution in [1.29, 1.82) is 0 Å². The number of nitrogens with one attached hydrogen (secondary N) is 2. The topological polar surface area (TPSA) is 54.0 Å². The zero-order chi connectivity index (χ0) is 13.2. The van der Waals surface area contributed by atoms with Crippen molar-refractivity contribution in [2.24, 2.45) is 0 Å². The van der Waals surface area contributed by atoms with Crippen LogP contribution < -0.4 is 10.6 Å². The number of nitrogens with zero attached hydrogens (tertiary/aromatic N) is 1. The summed E-state index contributed by atoms with van der Waals surface area (Å²) < 4.78 is 0. The van der Waals surface area contributed by atoms with Crippen molar-refractivity contribution in [2.45, 2.75) is 18.9 Å². The zero-order valence-corrected chi connectivity index (χ0v) is 11.1. The van der Waals surface area contributed by atoms with E-state index in [4.69, 9.17) is 11.6 Å². The third-order valence-electron chi connectivity index (χ3n) is 3.12. The van der Waals surface area contributed by atoms with E-state index >= 15 is 0 Å². The number of carbonyl (C=O) groups excluding carboxylic acids is 1. The number of anilines is 1. The fraction of sp³-hybridized carbons (Fsp3) is 0.286. The van der Waals surface area contributed by atoms with Crippen molar-refractivity contribution in [1.82, 2.24) is 10.3 Å². The van der Waals surface area contributed by atoms with Crippen LogP contribution >= 0.6 is 11.6 Å². The Balaban J connectivity index is 1.80. The Morgan fingerprint density at radius 1 is 1.37 bits per heavy atom. The van der Waals surface area contributed by atoms with Crippen LogP contribution in [0.2, 0.25) is 5.02 Å². The van der Waals surface area contributed by atoms with Gasteiger partial charge in [-0.05, 0) is 37.1 Å². The van der Waals surface area contributed by atoms with E-state index in [1.165, 1.54) is 12.8 Å². The largest absolute Gasteiger partial charge is 0.324 e. The summed E-state index contributed by atoms with van der Waals surface area (Å²) in [6, 6.07) is 7.81. The molecular weight excluding hydrogens is 262 g/mol. The van der Waals surface area contributed by atoms with Crippen molar-refractivity contribution < 1.29 is 4.79 Å². The summed E-state index contributed by atoms with van der Waals surface area (Å²) in [4.78, 5) is 16.1. The van der Waals surface area contributed by atoms with Gasteiger partial charge in [0.1, 0.15) is 0 Å². The molecule has 0 saturated heterocycles. The average Bonchev–Trinajstić information content (AvgIpc) is 3.24. The molecule has 98 valence electrons. The molecule has 2 aromatic rings. The molecule has 4 nitrogen and oxygen atoms in total. The Bertz CT molecular complexity index is 625. The Labute approximate surface area is 116 Å². The third-order valence-corrected chi connectivity index (χ3v) is 3.43. The quantitative estimate of drug-likeness (QED) is 0.902. The fourth-order valence-corrected chi connectivity index (χ4v) is 2.18. The molecule has 0 bridgehead atoms. The van der Waals surface area contributed by atoms with Crippen LogP contribution in [-0.4, -0.2) is 23.5 Å². The molecule has 1 aromatic carbocycles. The van der Waals surface area contributed by atoms with Crippen LogP contribution in [0.15, 0.2) is 30.5 Å². The minimum atomic E-state index is -0.0422. The van der Waals surface area contributed by atoms with E-state index in [0.717, 1.165) is 11.1 Å². The van der Waals surface area contributed by atoms with Gasteiger partial charge in [-0.1, -0.05) is 11.6 Å². The first kappa shape index (κ1) is 12.4. The first-order valence-corrected chi connectivity index (χ1v) is 6.68. The number of hydrogen-bond acceptors (Lipinski definition) is 3. The van der Waals surface area contributed by atoms with Crippen LogP contribution in [0.5, 0.6) is 0 Å². The summed E-state index contributed by atoms with van der Waals surface area (Å²) in [5, 5.41) is 7.52. The van der Waals surface area contributed by atoms with Gasteiger partial charge in [-0.15, -0.1) is 0 Å². The van der Waals surface area contributed by atoms with Gasteiger partial charge in [0.05, 0.1) is 22.8 Å². The first-order valence-electron chi connectivity index (χ1n) is 6.30. The maximum Gasteiger partial charge on any atom is 0.238 e. The second-order valence-electron chi connectivity index (χ2n) is 4.70. The molecular formula is C14H14ClN3O. The minimum absolute atomic E-state index is 0.0422. The van der Waals surface area contributed by atoms with Crippen molar-refractivity contribution in [3.05, 3.63) is 35.5 Å². The highest BCUT2D eigenvalue weighted by atomic mass is 35.5. The van der Waals surface area contributed by atoms with Gasteiger partial charge in [0.25, 0.3) is 0 Å². The SMILES string of the molecule is O=C(CNC1CC1)Nc1ccc(Cl)c2ncccc12. The van der Waals surface area contributed by atoms with Gasteiger partial charge in [0.15, 0.2) is 0 Å². The predicted octanol–water partition coefficient (Wildman–Crippen LogP) is 2.58. The molecule has 1 fully saturated rings. The summed E-state index contributed by atoms with van der Waals surface area (Å²) in [6.45, 7) is 0.342. The number of pyridine rings is 1. The van der Waals surface area contributed by atoms with E-state index in [9.17, 15) is 4.79 Å². The monoisotopic (exact) mass is 275 g/mol. The minimum Gasteiger partial charge on any atom is -0.324 e. The second-order valence-corrected chi connectivity index (χ2v) is 5.11. The number of rotatable bonds is 4. The molecule has 19 heavy (non-hydrogen) atoms. The fourth-order valence-electron chi connectivity index (χ4n) is 1.97. The highest BCUT2D eigenvalue weighted by molar-refractivity contribution is 6.35. The van der Waals surface area contributed by atoms with Gasteiger partial charge >= 0.3 is 0 Å². The molecule has 1 saturated carbocycles. The smallest absolute Gasteiger partial charge is 0.238 e. The Kier molecular flexibility index (Phi) is 3.36. The normalized spacial score (nSPS) is 14.6. The van der Waals surface area contributed by atoms with Crippen molar-refractivity contribution in [3.63, 3.8) is 0 Å². The number of amides is 1. The molecule has 5 heteroatoms. The van der Waals surface area contributed by atoms with E-state index in [2.05, 4.69) is 15.6 Å². The van der Waals surface area contributed by atoms with Crippen LogP contribution in [0.25, 0.3) is 10.9 Å². The molecule has 0 aliphatic heterocycles. The van der Waals surface area contributed by atoms with Crippen LogP contribution in [-0.2, 0) is 4.79 Å². The Morgan fingerprint density at radius 3 is 3.00 bits per heavy atom. The zero-order valence-electron chi connectivity index (χ0n) is 10.3. The van der Waals surface area contributed by atoms with Crippen LogP contribution in [0.3, 0.4) is 0 Å². The Morgan fingerprint density at radius 2 is 2.21 bits per heavy atom. The molecule has 0 spiro atoms. The predicted molar refractivity (Wildman–Crippen MR) is 76.4 cm³/mol. The lowest BCUT2D eigenvalue weighted by atomic mass is 10.2. The Hall–Kier alpha value is -1.65. The molecule has 0 unspecified atom stereocenters. The number of halogens is 1. The van der Waals surface area contributed by atoms with Gasteiger partial charge in [-0.2, -0.15) is 0 Å². The number of benzene rings is 1. The molecule has 1 aromatic heterocycles. The molecule has 3 rings (SSSR count). The lowest BCUT2D eigenvalue weighted by Crippen LogP contribution is -2.29. The van der Waals surface area contributed by atoms with Crippen molar-refractivity contribution >= 4 is 34.1 Å². The van der Waals surface area contributed by atoms with Crippen LogP contribution in [0.1, 0.15) is 12.8 Å². The molecule has 2 N–H and O–H groups in total. The van der Waals surface area contributed by atoms with Crippen LogP contribution in [0.4, 0.5) is 5.69 Å². The maximum atomic E-state index is 11.8. The van der Waals surface area contributed by atoms with Crippen molar-refractivity contribution in [2.75, 3.05) is 11.9 Å². The second kappa shape index (κ2) is 5.15. The van der Waals surface area contributed by atoms with E-state index in [0.29, 0.717) is 23.1 Å². The molecule has 1 aliphatic rings. The molecule has 1 amide bonds. The van der Waals surface area contributed by atoms with Gasteiger partial charge in [0.2, 0.25) is 5.91 Å². The van der Waals surface area contributed by atoms with Gasteiger partial charge < -0.3 is 10.6 Å². The number of aromatic nitrogens is 1. The van der Waals surface area contributed by atoms with E-state index in [1.54, 1.807) is 18.3 Å². The van der Waals surface area contributed by atoms with E-state index in [1.807, 2.05) is 12.1 Å². The van der Waals surface area contributed by atoms with Crippen molar-refractivity contribution in [3.8, 4) is 0 Å². The van der Waals surface area contributed by atoms with Gasteiger partial charge in [-0.3, -0.25) is 9.78 Å². The summed E-state index contributed by atoms with van der Waals surface area (Å²) in [5.74, 6) is -0.0422. The lowest BCUT2D eigenvalue weighted by molar-refractivity contribution is -0.115. The first-order chi connectivity index (χ1) is 9.24. The summed E-state index contributed by atoms with van der Waals surface area (Å²) in [7, 11) is 0. The molecule has 0 atom stereocenters. The van der Waals surface area contributed by atoms with Gasteiger partial charge in [-0.25, -0.2) is 0 Å².